The van der Waals surface area contributed by atoms with Crippen LogP contribution in [-0.4, -0.2) is 11.9 Å². The Bertz CT molecular complexity index is 370. The predicted molar refractivity (Wildman–Crippen MR) is 63.8 cm³/mol. The summed E-state index contributed by atoms with van der Waals surface area (Å²) in [5.41, 5.74) is 5.71. The molecule has 0 spiro atoms. The number of nitrogens with one attached hydrogen (secondary N) is 1. The van der Waals surface area contributed by atoms with Crippen LogP contribution in [0.25, 0.3) is 0 Å². The van der Waals surface area contributed by atoms with Gasteiger partial charge in [0.2, 0.25) is 5.91 Å². The summed E-state index contributed by atoms with van der Waals surface area (Å²) in [6.07, 6.45) is 0. The smallest absolute Gasteiger partial charge is 0.241 e. The van der Waals surface area contributed by atoms with Gasteiger partial charge in [-0.15, -0.1) is 0 Å². The van der Waals surface area contributed by atoms with Gasteiger partial charge in [0.25, 0.3) is 0 Å². The molecule has 0 unspecified atom stereocenters. The highest BCUT2D eigenvalue weighted by molar-refractivity contribution is 6.42. The average Bonchev–Trinajstić information content (AvgIpc) is 2.10. The number of hydrogen-bond acceptors (Lipinski definition) is 2. The Morgan fingerprint density at radius 3 is 2.20 bits per heavy atom. The summed E-state index contributed by atoms with van der Waals surface area (Å²) in [6, 6.07) is 2.35. The number of halogens is 3. The molecule has 3 N–H and O–H groups in total. The SMILES string of the molecule is C[C@@H](N)C(=O)Nc1c(Cl)cc(Cl)cc1Cl. The average molecular weight is 268 g/mol. The molecule has 0 radical (unpaired) electrons. The molecule has 0 bridgehead atoms. The molecule has 1 aromatic rings. The largest absolute Gasteiger partial charge is 0.322 e. The van der Waals surface area contributed by atoms with Crippen LogP contribution in [0.4, 0.5) is 5.69 Å². The predicted octanol–water partition coefficient (Wildman–Crippen LogP) is 2.93. The number of carbonyl (C=O) groups excluding carboxylic acids is 1. The second-order valence-electron chi connectivity index (χ2n) is 3.02. The highest BCUT2D eigenvalue weighted by atomic mass is 35.5. The molecule has 0 aromatic heterocycles. The molecule has 0 aliphatic carbocycles. The first-order chi connectivity index (χ1) is 6.91. The van der Waals surface area contributed by atoms with Crippen molar-refractivity contribution < 1.29 is 4.79 Å². The number of rotatable bonds is 2. The van der Waals surface area contributed by atoms with Crippen LogP contribution >= 0.6 is 34.8 Å². The summed E-state index contributed by atoms with van der Waals surface area (Å²) in [5, 5.41) is 3.48. The fourth-order valence-corrected chi connectivity index (χ4v) is 1.81. The Balaban J connectivity index is 3.00. The quantitative estimate of drug-likeness (QED) is 0.865. The molecule has 0 saturated heterocycles. The van der Waals surface area contributed by atoms with Crippen LogP contribution in [-0.2, 0) is 4.79 Å². The van der Waals surface area contributed by atoms with Gasteiger partial charge in [-0.1, -0.05) is 34.8 Å². The maximum atomic E-state index is 11.3. The van der Waals surface area contributed by atoms with Gasteiger partial charge in [0.15, 0.2) is 0 Å². The van der Waals surface area contributed by atoms with Crippen LogP contribution in [0.2, 0.25) is 15.1 Å². The van der Waals surface area contributed by atoms with Gasteiger partial charge >= 0.3 is 0 Å². The Labute approximate surface area is 102 Å². The lowest BCUT2D eigenvalue weighted by atomic mass is 10.3. The van der Waals surface area contributed by atoms with E-state index in [2.05, 4.69) is 5.32 Å². The van der Waals surface area contributed by atoms with Crippen molar-refractivity contribution in [3.05, 3.63) is 27.2 Å². The molecule has 0 aliphatic heterocycles. The van der Waals surface area contributed by atoms with Gasteiger partial charge in [-0.2, -0.15) is 0 Å². The second kappa shape index (κ2) is 5.03. The second-order valence-corrected chi connectivity index (χ2v) is 4.27. The van der Waals surface area contributed by atoms with Crippen LogP contribution in [0.5, 0.6) is 0 Å². The fraction of sp³-hybridized carbons (Fsp3) is 0.222. The Morgan fingerprint density at radius 2 is 1.80 bits per heavy atom. The van der Waals surface area contributed by atoms with Crippen molar-refractivity contribution in [1.82, 2.24) is 0 Å². The van der Waals surface area contributed by atoms with Crippen LogP contribution in [0.1, 0.15) is 6.92 Å². The van der Waals surface area contributed by atoms with Gasteiger partial charge in [0, 0.05) is 5.02 Å². The number of carbonyl (C=O) groups is 1. The normalized spacial score (nSPS) is 12.3. The van der Waals surface area contributed by atoms with Crippen molar-refractivity contribution in [3.8, 4) is 0 Å². The van der Waals surface area contributed by atoms with Crippen molar-refractivity contribution in [1.29, 1.82) is 0 Å². The van der Waals surface area contributed by atoms with Gasteiger partial charge in [-0.3, -0.25) is 4.79 Å². The molecule has 0 fully saturated rings. The molecule has 1 atom stereocenters. The van der Waals surface area contributed by atoms with E-state index >= 15 is 0 Å². The minimum absolute atomic E-state index is 0.279. The number of amides is 1. The summed E-state index contributed by atoms with van der Waals surface area (Å²) in [5.74, 6) is -0.360. The van der Waals surface area contributed by atoms with Crippen LogP contribution in [0, 0.1) is 0 Å². The van der Waals surface area contributed by atoms with E-state index < -0.39 is 6.04 Å². The summed E-state index contributed by atoms with van der Waals surface area (Å²) in [4.78, 5) is 11.3. The fourth-order valence-electron chi connectivity index (χ4n) is 0.899. The number of hydrogen-bond donors (Lipinski definition) is 2. The van der Waals surface area contributed by atoms with E-state index in [1.807, 2.05) is 0 Å². The monoisotopic (exact) mass is 266 g/mol. The van der Waals surface area contributed by atoms with E-state index in [0.29, 0.717) is 10.7 Å². The van der Waals surface area contributed by atoms with Gasteiger partial charge in [-0.25, -0.2) is 0 Å². The molecule has 3 nitrogen and oxygen atoms in total. The number of anilines is 1. The summed E-state index contributed by atoms with van der Waals surface area (Å²) in [6.45, 7) is 1.56. The molecule has 15 heavy (non-hydrogen) atoms. The minimum Gasteiger partial charge on any atom is -0.322 e. The maximum absolute atomic E-state index is 11.3. The van der Waals surface area contributed by atoms with Crippen molar-refractivity contribution in [2.75, 3.05) is 5.32 Å². The van der Waals surface area contributed by atoms with E-state index in [-0.39, 0.29) is 16.0 Å². The standard InChI is InChI=1S/C9H9Cl3N2O/c1-4(13)9(15)14-8-6(11)2-5(10)3-7(8)12/h2-4H,13H2,1H3,(H,14,15)/t4-/m1/s1. The van der Waals surface area contributed by atoms with E-state index in [4.69, 9.17) is 40.5 Å². The van der Waals surface area contributed by atoms with Gasteiger partial charge < -0.3 is 11.1 Å². The maximum Gasteiger partial charge on any atom is 0.241 e. The number of nitrogens with two attached hydrogens (primary N) is 1. The Hall–Kier alpha value is -0.480. The van der Waals surface area contributed by atoms with Crippen molar-refractivity contribution in [2.45, 2.75) is 13.0 Å². The van der Waals surface area contributed by atoms with E-state index in [1.165, 1.54) is 12.1 Å². The third-order valence-electron chi connectivity index (χ3n) is 1.67. The van der Waals surface area contributed by atoms with Crippen molar-refractivity contribution >= 4 is 46.4 Å². The van der Waals surface area contributed by atoms with E-state index in [0.717, 1.165) is 0 Å². The zero-order valence-electron chi connectivity index (χ0n) is 7.85. The van der Waals surface area contributed by atoms with E-state index in [1.54, 1.807) is 6.92 Å². The van der Waals surface area contributed by atoms with E-state index in [9.17, 15) is 4.79 Å². The minimum atomic E-state index is -0.632. The molecule has 6 heteroatoms. The van der Waals surface area contributed by atoms with Crippen molar-refractivity contribution in [2.24, 2.45) is 5.73 Å². The molecule has 82 valence electrons. The summed E-state index contributed by atoms with van der Waals surface area (Å²) < 4.78 is 0. The molecular weight excluding hydrogens is 258 g/mol. The first-order valence-electron chi connectivity index (χ1n) is 4.13. The topological polar surface area (TPSA) is 55.1 Å². The highest BCUT2D eigenvalue weighted by Gasteiger charge is 2.13. The Kier molecular flexibility index (Phi) is 4.22. The first kappa shape index (κ1) is 12.6. The van der Waals surface area contributed by atoms with Crippen LogP contribution < -0.4 is 11.1 Å². The molecule has 0 saturated carbocycles. The van der Waals surface area contributed by atoms with Crippen molar-refractivity contribution in [3.63, 3.8) is 0 Å². The third kappa shape index (κ3) is 3.24. The Morgan fingerprint density at radius 1 is 1.33 bits per heavy atom. The lowest BCUT2D eigenvalue weighted by Gasteiger charge is -2.11. The van der Waals surface area contributed by atoms with Gasteiger partial charge in [0.1, 0.15) is 0 Å². The van der Waals surface area contributed by atoms with Crippen LogP contribution in [0.3, 0.4) is 0 Å². The zero-order valence-corrected chi connectivity index (χ0v) is 10.1. The molecule has 1 rings (SSSR count). The summed E-state index contributed by atoms with van der Waals surface area (Å²) in [7, 11) is 0. The van der Waals surface area contributed by atoms with Gasteiger partial charge in [0.05, 0.1) is 21.8 Å². The van der Waals surface area contributed by atoms with Crippen LogP contribution in [0.15, 0.2) is 12.1 Å². The molecule has 0 aliphatic rings. The molecule has 0 heterocycles. The molecule has 1 aromatic carbocycles. The molecular formula is C9H9Cl3N2O. The lowest BCUT2D eigenvalue weighted by molar-refractivity contribution is -0.117. The molecule has 1 amide bonds. The number of benzene rings is 1. The first-order valence-corrected chi connectivity index (χ1v) is 5.26. The van der Waals surface area contributed by atoms with Gasteiger partial charge in [-0.05, 0) is 19.1 Å². The zero-order chi connectivity index (χ0) is 11.6. The third-order valence-corrected chi connectivity index (χ3v) is 2.48. The highest BCUT2D eigenvalue weighted by Crippen LogP contribution is 2.33. The lowest BCUT2D eigenvalue weighted by Crippen LogP contribution is -2.32. The summed E-state index contributed by atoms with van der Waals surface area (Å²) >= 11 is 17.4.